The van der Waals surface area contributed by atoms with Crippen molar-refractivity contribution >= 4 is 5.97 Å². The molecule has 0 saturated carbocycles. The van der Waals surface area contributed by atoms with E-state index >= 15 is 0 Å². The highest BCUT2D eigenvalue weighted by atomic mass is 16.7. The lowest BCUT2D eigenvalue weighted by Crippen LogP contribution is -2.40. The van der Waals surface area contributed by atoms with E-state index in [0.29, 0.717) is 12.2 Å². The Hall–Kier alpha value is -1.47. The zero-order valence-electron chi connectivity index (χ0n) is 11.7. The fraction of sp³-hybridized carbons (Fsp3) is 0.500. The van der Waals surface area contributed by atoms with Crippen LogP contribution in [0, 0.1) is 0 Å². The van der Waals surface area contributed by atoms with E-state index in [1.165, 1.54) is 0 Å². The van der Waals surface area contributed by atoms with Crippen LogP contribution in [0.4, 0.5) is 0 Å². The molecular formula is C14H21NO5. The molecule has 1 aromatic carbocycles. The van der Waals surface area contributed by atoms with E-state index in [9.17, 15) is 4.79 Å². The first kappa shape index (κ1) is 16.6. The molecule has 1 saturated heterocycles. The summed E-state index contributed by atoms with van der Waals surface area (Å²) in [7, 11) is 0. The van der Waals surface area contributed by atoms with Gasteiger partial charge < -0.3 is 25.4 Å². The summed E-state index contributed by atoms with van der Waals surface area (Å²) in [4.78, 5) is 10.2. The molecule has 0 bridgehead atoms. The quantitative estimate of drug-likeness (QED) is 0.760. The Morgan fingerprint density at radius 2 is 2.05 bits per heavy atom. The van der Waals surface area contributed by atoms with Crippen molar-refractivity contribution in [1.29, 1.82) is 0 Å². The first-order valence-corrected chi connectivity index (χ1v) is 6.32. The summed E-state index contributed by atoms with van der Waals surface area (Å²) < 4.78 is 10.7. The number of aliphatic hydroxyl groups is 1. The van der Waals surface area contributed by atoms with E-state index < -0.39 is 11.8 Å². The van der Waals surface area contributed by atoms with Crippen LogP contribution < -0.4 is 5.73 Å². The number of nitrogens with two attached hydrogens (primary N) is 1. The van der Waals surface area contributed by atoms with Crippen molar-refractivity contribution in [3.63, 3.8) is 0 Å². The Morgan fingerprint density at radius 3 is 2.40 bits per heavy atom. The fourth-order valence-corrected chi connectivity index (χ4v) is 1.62. The molecule has 0 spiro atoms. The van der Waals surface area contributed by atoms with Crippen molar-refractivity contribution in [2.24, 2.45) is 5.73 Å². The largest absolute Gasteiger partial charge is 0.478 e. The third kappa shape index (κ3) is 5.26. The highest BCUT2D eigenvalue weighted by Gasteiger charge is 2.35. The maximum atomic E-state index is 10.2. The molecule has 2 rings (SSSR count). The summed E-state index contributed by atoms with van der Waals surface area (Å²) in [5.41, 5.74) is 5.88. The summed E-state index contributed by atoms with van der Waals surface area (Å²) >= 11 is 0. The van der Waals surface area contributed by atoms with Gasteiger partial charge in [0.2, 0.25) is 0 Å². The Bertz CT molecular complexity index is 421. The highest BCUT2D eigenvalue weighted by Crippen LogP contribution is 2.23. The maximum absolute atomic E-state index is 10.2. The Labute approximate surface area is 118 Å². The van der Waals surface area contributed by atoms with Crippen LogP contribution in [0.3, 0.4) is 0 Å². The molecule has 6 heteroatoms. The molecule has 1 aromatic rings. The van der Waals surface area contributed by atoms with Crippen LogP contribution in [0.5, 0.6) is 0 Å². The third-order valence-corrected chi connectivity index (χ3v) is 2.74. The number of aromatic carboxylic acids is 1. The third-order valence-electron chi connectivity index (χ3n) is 2.74. The van der Waals surface area contributed by atoms with Gasteiger partial charge in [0, 0.05) is 0 Å². The lowest BCUT2D eigenvalue weighted by molar-refractivity contribution is -0.141. The molecule has 1 aliphatic rings. The lowest BCUT2D eigenvalue weighted by atomic mass is 10.2. The summed E-state index contributed by atoms with van der Waals surface area (Å²) in [6, 6.07) is 7.96. The van der Waals surface area contributed by atoms with Crippen LogP contribution in [0.25, 0.3) is 0 Å². The minimum Gasteiger partial charge on any atom is -0.478 e. The van der Waals surface area contributed by atoms with Gasteiger partial charge in [-0.2, -0.15) is 0 Å². The second-order valence-corrected chi connectivity index (χ2v) is 4.88. The van der Waals surface area contributed by atoms with Crippen LogP contribution in [0.2, 0.25) is 0 Å². The van der Waals surface area contributed by atoms with Crippen molar-refractivity contribution in [3.8, 4) is 0 Å². The molecule has 0 aliphatic carbocycles. The molecule has 0 aromatic heterocycles. The van der Waals surface area contributed by atoms with Crippen molar-refractivity contribution in [2.45, 2.75) is 31.8 Å². The molecule has 2 unspecified atom stereocenters. The molecule has 6 nitrogen and oxygen atoms in total. The number of hydrogen-bond donors (Lipinski definition) is 3. The number of aliphatic hydroxyl groups excluding tert-OH is 1. The van der Waals surface area contributed by atoms with Gasteiger partial charge in [0.15, 0.2) is 5.79 Å². The average Bonchev–Trinajstić information content (AvgIpc) is 2.80. The Kier molecular flexibility index (Phi) is 6.09. The number of ether oxygens (including phenoxy) is 2. The van der Waals surface area contributed by atoms with Gasteiger partial charge in [-0.05, 0) is 26.0 Å². The van der Waals surface area contributed by atoms with Gasteiger partial charge in [0.1, 0.15) is 6.10 Å². The van der Waals surface area contributed by atoms with Gasteiger partial charge in [-0.3, -0.25) is 0 Å². The van der Waals surface area contributed by atoms with E-state index in [1.54, 1.807) is 30.3 Å². The van der Waals surface area contributed by atoms with Crippen molar-refractivity contribution in [2.75, 3.05) is 13.2 Å². The second kappa shape index (κ2) is 7.35. The van der Waals surface area contributed by atoms with Crippen molar-refractivity contribution in [1.82, 2.24) is 0 Å². The molecule has 0 amide bonds. The monoisotopic (exact) mass is 283 g/mol. The van der Waals surface area contributed by atoms with Crippen molar-refractivity contribution < 1.29 is 24.5 Å². The first-order chi connectivity index (χ1) is 9.35. The van der Waals surface area contributed by atoms with Gasteiger partial charge >= 0.3 is 5.97 Å². The topological polar surface area (TPSA) is 102 Å². The van der Waals surface area contributed by atoms with E-state index in [4.69, 9.17) is 25.4 Å². The molecule has 20 heavy (non-hydrogen) atoms. The van der Waals surface area contributed by atoms with Crippen LogP contribution in [0.15, 0.2) is 30.3 Å². The number of hydrogen-bond acceptors (Lipinski definition) is 5. The van der Waals surface area contributed by atoms with Gasteiger partial charge in [-0.25, -0.2) is 4.79 Å². The smallest absolute Gasteiger partial charge is 0.335 e. The van der Waals surface area contributed by atoms with Crippen LogP contribution in [-0.4, -0.2) is 47.3 Å². The number of carboxylic acids is 1. The molecular weight excluding hydrogens is 262 g/mol. The predicted octanol–water partition coefficient (Wildman–Crippen LogP) is 0.842. The highest BCUT2D eigenvalue weighted by molar-refractivity contribution is 5.87. The van der Waals surface area contributed by atoms with Crippen LogP contribution >= 0.6 is 0 Å². The maximum Gasteiger partial charge on any atom is 0.335 e. The summed E-state index contributed by atoms with van der Waals surface area (Å²) in [5, 5.41) is 17.1. The SMILES string of the molecule is CC1(C)OCC(C(N)CO)O1.O=C(O)c1ccccc1. The number of benzene rings is 1. The normalized spacial score (nSPS) is 21.7. The zero-order valence-corrected chi connectivity index (χ0v) is 11.7. The van der Waals surface area contributed by atoms with Gasteiger partial charge in [-0.15, -0.1) is 0 Å². The fourth-order valence-electron chi connectivity index (χ4n) is 1.62. The average molecular weight is 283 g/mol. The molecule has 2 atom stereocenters. The van der Waals surface area contributed by atoms with E-state index in [1.807, 2.05) is 13.8 Å². The molecule has 1 heterocycles. The number of carboxylic acid groups (broad SMARTS) is 1. The number of rotatable bonds is 3. The molecule has 1 aliphatic heterocycles. The van der Waals surface area contributed by atoms with Gasteiger partial charge in [0.05, 0.1) is 24.8 Å². The van der Waals surface area contributed by atoms with E-state index in [0.717, 1.165) is 0 Å². The number of carbonyl (C=O) groups is 1. The van der Waals surface area contributed by atoms with E-state index in [2.05, 4.69) is 0 Å². The Balaban J connectivity index is 0.000000204. The second-order valence-electron chi connectivity index (χ2n) is 4.88. The summed E-state index contributed by atoms with van der Waals surface area (Å²) in [6.45, 7) is 4.06. The van der Waals surface area contributed by atoms with Gasteiger partial charge in [-0.1, -0.05) is 18.2 Å². The van der Waals surface area contributed by atoms with Crippen LogP contribution in [0.1, 0.15) is 24.2 Å². The predicted molar refractivity (Wildman–Crippen MR) is 73.4 cm³/mol. The summed E-state index contributed by atoms with van der Waals surface area (Å²) in [5.74, 6) is -1.42. The standard InChI is InChI=1S/C7H15NO3.C7H6O2/c1-7(2)10-4-6(11-7)5(8)3-9;8-7(9)6-4-2-1-3-5-6/h5-6,9H,3-4,8H2,1-2H3;1-5H,(H,8,9). The molecule has 0 radical (unpaired) electrons. The molecule has 4 N–H and O–H groups in total. The minimum absolute atomic E-state index is 0.0654. The lowest BCUT2D eigenvalue weighted by Gasteiger charge is -2.19. The zero-order chi connectivity index (χ0) is 15.2. The molecule has 1 fully saturated rings. The molecule has 112 valence electrons. The van der Waals surface area contributed by atoms with Crippen molar-refractivity contribution in [3.05, 3.63) is 35.9 Å². The van der Waals surface area contributed by atoms with Crippen LogP contribution in [-0.2, 0) is 9.47 Å². The van der Waals surface area contributed by atoms with E-state index in [-0.39, 0.29) is 18.8 Å². The summed E-state index contributed by atoms with van der Waals surface area (Å²) in [6.07, 6.45) is -0.171. The Morgan fingerprint density at radius 1 is 1.45 bits per heavy atom. The first-order valence-electron chi connectivity index (χ1n) is 6.32. The van der Waals surface area contributed by atoms with Gasteiger partial charge in [0.25, 0.3) is 0 Å². The minimum atomic E-state index is -0.879.